The quantitative estimate of drug-likeness (QED) is 0.868. The highest BCUT2D eigenvalue weighted by Gasteiger charge is 2.16. The van der Waals surface area contributed by atoms with Gasteiger partial charge in [-0.3, -0.25) is 0 Å². The monoisotopic (exact) mass is 287 g/mol. The molecule has 0 saturated heterocycles. The minimum Gasteiger partial charge on any atom is -0.493 e. The molecule has 2 heterocycles. The summed E-state index contributed by atoms with van der Waals surface area (Å²) in [7, 11) is 0. The van der Waals surface area contributed by atoms with E-state index in [2.05, 4.69) is 48.0 Å². The van der Waals surface area contributed by atoms with Gasteiger partial charge in [0.15, 0.2) is 0 Å². The maximum atomic E-state index is 5.59. The number of hydrogen-bond acceptors (Lipinski definition) is 3. The number of thiophene rings is 1. The Kier molecular flexibility index (Phi) is 4.38. The lowest BCUT2D eigenvalue weighted by atomic mass is 9.98. The lowest BCUT2D eigenvalue weighted by Gasteiger charge is -2.19. The molecule has 1 aromatic heterocycles. The second kappa shape index (κ2) is 6.42. The van der Waals surface area contributed by atoms with Crippen molar-refractivity contribution >= 4 is 11.3 Å². The van der Waals surface area contributed by atoms with Crippen LogP contribution < -0.4 is 10.1 Å². The lowest BCUT2D eigenvalue weighted by molar-refractivity contribution is 0.356. The number of aryl methyl sites for hydroxylation is 1. The third-order valence-corrected chi connectivity index (χ3v) is 4.76. The largest absolute Gasteiger partial charge is 0.493 e. The molecule has 0 spiro atoms. The summed E-state index contributed by atoms with van der Waals surface area (Å²) in [5.41, 5.74) is 2.76. The van der Waals surface area contributed by atoms with E-state index in [1.807, 2.05) is 11.3 Å². The molecule has 0 saturated carbocycles. The van der Waals surface area contributed by atoms with Crippen LogP contribution in [-0.2, 0) is 12.8 Å². The topological polar surface area (TPSA) is 21.3 Å². The summed E-state index contributed by atoms with van der Waals surface area (Å²) in [6.07, 6.45) is 3.34. The molecule has 0 radical (unpaired) electrons. The summed E-state index contributed by atoms with van der Waals surface area (Å²) >= 11 is 1.85. The molecule has 1 aromatic carbocycles. The number of ether oxygens (including phenoxy) is 1. The lowest BCUT2D eigenvalue weighted by Crippen LogP contribution is -2.21. The van der Waals surface area contributed by atoms with Gasteiger partial charge in [-0.15, -0.1) is 11.3 Å². The zero-order valence-corrected chi connectivity index (χ0v) is 12.7. The molecule has 1 aliphatic rings. The first-order valence-corrected chi connectivity index (χ1v) is 8.26. The normalized spacial score (nSPS) is 14.8. The molecule has 1 atom stereocenters. The summed E-state index contributed by atoms with van der Waals surface area (Å²) < 4.78 is 5.59. The van der Waals surface area contributed by atoms with Crippen LogP contribution in [0.1, 0.15) is 35.4 Å². The molecule has 106 valence electrons. The minimum absolute atomic E-state index is 0.438. The molecular formula is C17H21NOS. The fraction of sp³-hybridized carbons (Fsp3) is 0.412. The van der Waals surface area contributed by atoms with Gasteiger partial charge < -0.3 is 10.1 Å². The average molecular weight is 287 g/mol. The van der Waals surface area contributed by atoms with Gasteiger partial charge in [0.05, 0.1) is 6.61 Å². The maximum Gasteiger partial charge on any atom is 0.122 e. The SMILES string of the molecule is CCNC(CCc1cccs1)c1ccc2c(c1)CCO2. The summed E-state index contributed by atoms with van der Waals surface area (Å²) in [6, 6.07) is 11.5. The molecule has 1 unspecified atom stereocenters. The smallest absolute Gasteiger partial charge is 0.122 e. The van der Waals surface area contributed by atoms with Crippen molar-refractivity contribution in [1.82, 2.24) is 5.32 Å². The highest BCUT2D eigenvalue weighted by atomic mass is 32.1. The van der Waals surface area contributed by atoms with Crippen LogP contribution in [0.5, 0.6) is 5.75 Å². The molecule has 0 fully saturated rings. The third kappa shape index (κ3) is 3.05. The second-order valence-electron chi connectivity index (χ2n) is 5.19. The molecule has 1 N–H and O–H groups in total. The van der Waals surface area contributed by atoms with Crippen LogP contribution in [0.25, 0.3) is 0 Å². The van der Waals surface area contributed by atoms with Crippen molar-refractivity contribution in [2.75, 3.05) is 13.2 Å². The van der Waals surface area contributed by atoms with Crippen LogP contribution in [0.3, 0.4) is 0 Å². The summed E-state index contributed by atoms with van der Waals surface area (Å²) in [4.78, 5) is 1.47. The van der Waals surface area contributed by atoms with Gasteiger partial charge in [-0.2, -0.15) is 0 Å². The Labute approximate surface area is 124 Å². The Morgan fingerprint density at radius 2 is 2.30 bits per heavy atom. The van der Waals surface area contributed by atoms with Crippen molar-refractivity contribution in [3.05, 3.63) is 51.7 Å². The first kappa shape index (κ1) is 13.7. The van der Waals surface area contributed by atoms with E-state index in [0.717, 1.165) is 38.2 Å². The third-order valence-electron chi connectivity index (χ3n) is 3.83. The molecule has 3 heteroatoms. The van der Waals surface area contributed by atoms with Gasteiger partial charge in [0.25, 0.3) is 0 Å². The summed E-state index contributed by atoms with van der Waals surface area (Å²) in [5.74, 6) is 1.07. The average Bonchev–Trinajstić information content (AvgIpc) is 3.13. The van der Waals surface area contributed by atoms with Crippen molar-refractivity contribution < 1.29 is 4.74 Å². The highest BCUT2D eigenvalue weighted by Crippen LogP contribution is 2.30. The Hall–Kier alpha value is -1.32. The predicted molar refractivity (Wildman–Crippen MR) is 84.7 cm³/mol. The minimum atomic E-state index is 0.438. The Balaban J connectivity index is 1.72. The maximum absolute atomic E-state index is 5.59. The number of hydrogen-bond donors (Lipinski definition) is 1. The first-order chi connectivity index (χ1) is 9.86. The zero-order chi connectivity index (χ0) is 13.8. The van der Waals surface area contributed by atoms with Crippen molar-refractivity contribution in [3.63, 3.8) is 0 Å². The highest BCUT2D eigenvalue weighted by molar-refractivity contribution is 7.09. The molecule has 0 amide bonds. The van der Waals surface area contributed by atoms with Crippen LogP contribution in [-0.4, -0.2) is 13.2 Å². The van der Waals surface area contributed by atoms with Crippen molar-refractivity contribution in [2.24, 2.45) is 0 Å². The van der Waals surface area contributed by atoms with Crippen LogP contribution in [0.2, 0.25) is 0 Å². The van der Waals surface area contributed by atoms with Crippen LogP contribution in [0.15, 0.2) is 35.7 Å². The number of rotatable bonds is 6. The summed E-state index contributed by atoms with van der Waals surface area (Å²) in [6.45, 7) is 4.01. The van der Waals surface area contributed by atoms with E-state index in [4.69, 9.17) is 4.74 Å². The molecule has 3 rings (SSSR count). The fourth-order valence-electron chi connectivity index (χ4n) is 2.80. The van der Waals surface area contributed by atoms with Crippen LogP contribution >= 0.6 is 11.3 Å². The standard InChI is InChI=1S/C17H21NOS/c1-2-18-16(7-6-15-4-3-11-20-15)13-5-8-17-14(12-13)9-10-19-17/h3-5,8,11-12,16,18H,2,6-7,9-10H2,1H3. The van der Waals surface area contributed by atoms with Gasteiger partial charge >= 0.3 is 0 Å². The zero-order valence-electron chi connectivity index (χ0n) is 11.9. The van der Waals surface area contributed by atoms with Crippen LogP contribution in [0.4, 0.5) is 0 Å². The molecule has 0 aliphatic carbocycles. The molecular weight excluding hydrogens is 266 g/mol. The van der Waals surface area contributed by atoms with Gasteiger partial charge in [-0.1, -0.05) is 25.1 Å². The van der Waals surface area contributed by atoms with Crippen molar-refractivity contribution in [3.8, 4) is 5.75 Å². The predicted octanol–water partition coefficient (Wildman–Crippen LogP) is 3.97. The number of nitrogens with one attached hydrogen (secondary N) is 1. The fourth-order valence-corrected chi connectivity index (χ4v) is 3.52. The molecule has 1 aliphatic heterocycles. The van der Waals surface area contributed by atoms with Crippen LogP contribution in [0, 0.1) is 0 Å². The van der Waals surface area contributed by atoms with E-state index in [1.54, 1.807) is 0 Å². The van der Waals surface area contributed by atoms with Gasteiger partial charge in [0, 0.05) is 17.3 Å². The Morgan fingerprint density at radius 3 is 3.10 bits per heavy atom. The molecule has 0 bridgehead atoms. The van der Waals surface area contributed by atoms with Crippen molar-refractivity contribution in [1.29, 1.82) is 0 Å². The molecule has 2 nitrogen and oxygen atoms in total. The van der Waals surface area contributed by atoms with E-state index in [0.29, 0.717) is 6.04 Å². The summed E-state index contributed by atoms with van der Waals surface area (Å²) in [5, 5.41) is 5.77. The number of benzene rings is 1. The molecule has 20 heavy (non-hydrogen) atoms. The van der Waals surface area contributed by atoms with E-state index in [-0.39, 0.29) is 0 Å². The van der Waals surface area contributed by atoms with Crippen molar-refractivity contribution in [2.45, 2.75) is 32.2 Å². The van der Waals surface area contributed by atoms with E-state index in [1.165, 1.54) is 16.0 Å². The van der Waals surface area contributed by atoms with Gasteiger partial charge in [-0.25, -0.2) is 0 Å². The Morgan fingerprint density at radius 1 is 1.35 bits per heavy atom. The molecule has 2 aromatic rings. The second-order valence-corrected chi connectivity index (χ2v) is 6.23. The number of fused-ring (bicyclic) bond motifs is 1. The van der Waals surface area contributed by atoms with E-state index in [9.17, 15) is 0 Å². The van der Waals surface area contributed by atoms with Gasteiger partial charge in [-0.05, 0) is 48.0 Å². The van der Waals surface area contributed by atoms with E-state index >= 15 is 0 Å². The Bertz CT molecular complexity index is 550. The van der Waals surface area contributed by atoms with Gasteiger partial charge in [0.1, 0.15) is 5.75 Å². The first-order valence-electron chi connectivity index (χ1n) is 7.38. The van der Waals surface area contributed by atoms with Gasteiger partial charge in [0.2, 0.25) is 0 Å². The van der Waals surface area contributed by atoms with E-state index < -0.39 is 0 Å².